The summed E-state index contributed by atoms with van der Waals surface area (Å²) in [6.45, 7) is 0.806. The van der Waals surface area contributed by atoms with E-state index in [0.29, 0.717) is 16.9 Å². The van der Waals surface area contributed by atoms with E-state index in [4.69, 9.17) is 23.2 Å². The van der Waals surface area contributed by atoms with Gasteiger partial charge in [-0.1, -0.05) is 30.9 Å². The Kier molecular flexibility index (Phi) is 5.58. The third-order valence-electron chi connectivity index (χ3n) is 3.40. The van der Waals surface area contributed by atoms with Crippen LogP contribution in [0.5, 0.6) is 0 Å². The Bertz CT molecular complexity index is 395. The number of anilines is 1. The monoisotopic (exact) mass is 350 g/mol. The van der Waals surface area contributed by atoms with Crippen molar-refractivity contribution in [2.45, 2.75) is 38.1 Å². The number of halogens is 3. The molecule has 0 N–H and O–H groups in total. The predicted molar refractivity (Wildman–Crippen MR) is 81.9 cm³/mol. The summed E-state index contributed by atoms with van der Waals surface area (Å²) in [5.74, 6) is 1.47. The zero-order chi connectivity index (χ0) is 13.0. The summed E-state index contributed by atoms with van der Waals surface area (Å²) in [5.41, 5.74) is 0. The zero-order valence-electron chi connectivity index (χ0n) is 10.2. The molecule has 0 atom stereocenters. The Balaban J connectivity index is 2.22. The minimum absolute atomic E-state index is 0.531. The number of rotatable bonds is 4. The van der Waals surface area contributed by atoms with E-state index in [1.807, 2.05) is 6.07 Å². The quantitative estimate of drug-likeness (QED) is 0.719. The standard InChI is InChI=1S/C13H17BrCl2N2/c14-10-8-12(16)13(17-9-10)18(7-6-15)11-4-2-1-3-5-11/h8-9,11H,1-7H2. The van der Waals surface area contributed by atoms with Crippen LogP contribution in [-0.2, 0) is 0 Å². The first-order valence-corrected chi connectivity index (χ1v) is 8.06. The van der Waals surface area contributed by atoms with E-state index in [1.165, 1.54) is 32.1 Å². The second-order valence-electron chi connectivity index (χ2n) is 4.63. The van der Waals surface area contributed by atoms with Crippen molar-refractivity contribution >= 4 is 44.9 Å². The smallest absolute Gasteiger partial charge is 0.147 e. The SMILES string of the molecule is ClCCN(c1ncc(Br)cc1Cl)C1CCCCC1. The van der Waals surface area contributed by atoms with Gasteiger partial charge in [0.2, 0.25) is 0 Å². The van der Waals surface area contributed by atoms with Gasteiger partial charge in [0, 0.05) is 29.1 Å². The van der Waals surface area contributed by atoms with Crippen LogP contribution in [-0.4, -0.2) is 23.5 Å². The number of hydrogen-bond donors (Lipinski definition) is 0. The van der Waals surface area contributed by atoms with Crippen molar-refractivity contribution in [3.63, 3.8) is 0 Å². The molecular weight excluding hydrogens is 335 g/mol. The molecule has 0 spiro atoms. The van der Waals surface area contributed by atoms with E-state index >= 15 is 0 Å². The molecule has 0 saturated heterocycles. The van der Waals surface area contributed by atoms with Crippen LogP contribution in [0.25, 0.3) is 0 Å². The van der Waals surface area contributed by atoms with Gasteiger partial charge in [-0.05, 0) is 34.8 Å². The lowest BCUT2D eigenvalue weighted by molar-refractivity contribution is 0.417. The molecule has 1 aromatic heterocycles. The van der Waals surface area contributed by atoms with E-state index < -0.39 is 0 Å². The summed E-state index contributed by atoms with van der Waals surface area (Å²) in [6.07, 6.45) is 8.14. The maximum Gasteiger partial charge on any atom is 0.147 e. The van der Waals surface area contributed by atoms with Crippen molar-refractivity contribution in [1.82, 2.24) is 4.98 Å². The summed E-state index contributed by atoms with van der Waals surface area (Å²) in [7, 11) is 0. The van der Waals surface area contributed by atoms with E-state index in [1.54, 1.807) is 6.20 Å². The van der Waals surface area contributed by atoms with Gasteiger partial charge in [0.15, 0.2) is 0 Å². The number of alkyl halides is 1. The van der Waals surface area contributed by atoms with Gasteiger partial charge in [-0.25, -0.2) is 4.98 Å². The lowest BCUT2D eigenvalue weighted by Crippen LogP contribution is -2.39. The molecule has 0 bridgehead atoms. The molecule has 1 fully saturated rings. The molecule has 1 aromatic rings. The number of pyridine rings is 1. The summed E-state index contributed by atoms with van der Waals surface area (Å²) in [6, 6.07) is 2.43. The fourth-order valence-corrected chi connectivity index (χ4v) is 3.48. The van der Waals surface area contributed by atoms with Gasteiger partial charge >= 0.3 is 0 Å². The average molecular weight is 352 g/mol. The number of hydrogen-bond acceptors (Lipinski definition) is 2. The molecule has 0 amide bonds. The van der Waals surface area contributed by atoms with Gasteiger partial charge < -0.3 is 4.90 Å². The van der Waals surface area contributed by atoms with Crippen LogP contribution in [0.15, 0.2) is 16.7 Å². The van der Waals surface area contributed by atoms with Crippen molar-refractivity contribution in [2.75, 3.05) is 17.3 Å². The number of nitrogens with zero attached hydrogens (tertiary/aromatic N) is 2. The van der Waals surface area contributed by atoms with E-state index in [9.17, 15) is 0 Å². The summed E-state index contributed by atoms with van der Waals surface area (Å²) in [4.78, 5) is 6.74. The summed E-state index contributed by atoms with van der Waals surface area (Å²) in [5, 5.41) is 0.695. The topological polar surface area (TPSA) is 16.1 Å². The van der Waals surface area contributed by atoms with Crippen molar-refractivity contribution in [3.8, 4) is 0 Å². The van der Waals surface area contributed by atoms with Gasteiger partial charge in [0.1, 0.15) is 5.82 Å². The molecule has 1 heterocycles. The number of aromatic nitrogens is 1. The highest BCUT2D eigenvalue weighted by molar-refractivity contribution is 9.10. The van der Waals surface area contributed by atoms with E-state index in [0.717, 1.165) is 16.8 Å². The second kappa shape index (κ2) is 6.97. The Morgan fingerprint density at radius 3 is 2.67 bits per heavy atom. The Morgan fingerprint density at radius 1 is 1.33 bits per heavy atom. The molecule has 100 valence electrons. The van der Waals surface area contributed by atoms with Crippen LogP contribution in [0.3, 0.4) is 0 Å². The summed E-state index contributed by atoms with van der Waals surface area (Å²) >= 11 is 15.6. The van der Waals surface area contributed by atoms with E-state index in [-0.39, 0.29) is 0 Å². The normalized spacial score (nSPS) is 16.8. The highest BCUT2D eigenvalue weighted by Gasteiger charge is 2.23. The average Bonchev–Trinajstić information content (AvgIpc) is 2.38. The van der Waals surface area contributed by atoms with Gasteiger partial charge in [0.05, 0.1) is 5.02 Å². The maximum atomic E-state index is 6.30. The third-order valence-corrected chi connectivity index (χ3v) is 4.28. The van der Waals surface area contributed by atoms with Crippen LogP contribution in [0.1, 0.15) is 32.1 Å². The van der Waals surface area contributed by atoms with Crippen LogP contribution in [0.2, 0.25) is 5.02 Å². The minimum Gasteiger partial charge on any atom is -0.351 e. The largest absolute Gasteiger partial charge is 0.351 e. The molecule has 2 nitrogen and oxygen atoms in total. The fraction of sp³-hybridized carbons (Fsp3) is 0.615. The highest BCUT2D eigenvalue weighted by atomic mass is 79.9. The highest BCUT2D eigenvalue weighted by Crippen LogP contribution is 2.31. The second-order valence-corrected chi connectivity index (χ2v) is 6.33. The van der Waals surface area contributed by atoms with Crippen LogP contribution < -0.4 is 4.90 Å². The predicted octanol–water partition coefficient (Wildman–Crippen LogP) is 4.88. The Hall–Kier alpha value is 0.01000. The van der Waals surface area contributed by atoms with Crippen molar-refractivity contribution in [3.05, 3.63) is 21.8 Å². The van der Waals surface area contributed by atoms with Crippen molar-refractivity contribution in [2.24, 2.45) is 0 Å². The van der Waals surface area contributed by atoms with Crippen LogP contribution >= 0.6 is 39.1 Å². The Morgan fingerprint density at radius 2 is 2.06 bits per heavy atom. The Labute approximate surface area is 127 Å². The molecule has 0 radical (unpaired) electrons. The van der Waals surface area contributed by atoms with Gasteiger partial charge in [-0.3, -0.25) is 0 Å². The van der Waals surface area contributed by atoms with Crippen LogP contribution in [0, 0.1) is 0 Å². The fourth-order valence-electron chi connectivity index (χ4n) is 2.56. The van der Waals surface area contributed by atoms with Gasteiger partial charge in [-0.15, -0.1) is 11.6 Å². The first-order valence-electron chi connectivity index (χ1n) is 6.36. The van der Waals surface area contributed by atoms with Crippen molar-refractivity contribution in [1.29, 1.82) is 0 Å². The molecule has 5 heteroatoms. The first-order chi connectivity index (χ1) is 8.72. The summed E-state index contributed by atoms with van der Waals surface area (Å²) < 4.78 is 0.908. The molecule has 1 aliphatic rings. The third kappa shape index (κ3) is 3.52. The zero-order valence-corrected chi connectivity index (χ0v) is 13.3. The molecule has 1 aliphatic carbocycles. The van der Waals surface area contributed by atoms with Crippen LogP contribution in [0.4, 0.5) is 5.82 Å². The molecular formula is C13H17BrCl2N2. The first kappa shape index (κ1) is 14.4. The van der Waals surface area contributed by atoms with Crippen molar-refractivity contribution < 1.29 is 0 Å². The molecule has 18 heavy (non-hydrogen) atoms. The minimum atomic E-state index is 0.531. The molecule has 0 unspecified atom stereocenters. The van der Waals surface area contributed by atoms with Gasteiger partial charge in [0.25, 0.3) is 0 Å². The molecule has 2 rings (SSSR count). The molecule has 0 aromatic carbocycles. The lowest BCUT2D eigenvalue weighted by atomic mass is 9.94. The molecule has 1 saturated carbocycles. The molecule has 0 aliphatic heterocycles. The van der Waals surface area contributed by atoms with Gasteiger partial charge in [-0.2, -0.15) is 0 Å². The maximum absolute atomic E-state index is 6.30. The van der Waals surface area contributed by atoms with E-state index in [2.05, 4.69) is 25.8 Å². The lowest BCUT2D eigenvalue weighted by Gasteiger charge is -2.35.